The van der Waals surface area contributed by atoms with E-state index in [1.807, 2.05) is 32.9 Å². The SMILES string of the molecule is Cc1ccc2c(c1CCC(O)C(C)(O)CO)C(=O)C(=O)C(C(C)C)=C2. The lowest BCUT2D eigenvalue weighted by Crippen LogP contribution is -2.43. The van der Waals surface area contributed by atoms with Gasteiger partial charge in [-0.05, 0) is 55.4 Å². The van der Waals surface area contributed by atoms with Crippen molar-refractivity contribution in [1.82, 2.24) is 0 Å². The molecule has 0 saturated carbocycles. The number of carbonyl (C=O) groups is 2. The molecule has 0 spiro atoms. The van der Waals surface area contributed by atoms with E-state index in [-0.39, 0.29) is 12.3 Å². The molecule has 0 fully saturated rings. The number of hydrogen-bond acceptors (Lipinski definition) is 5. The van der Waals surface area contributed by atoms with Crippen LogP contribution in [0.3, 0.4) is 0 Å². The lowest BCUT2D eigenvalue weighted by Gasteiger charge is -2.27. The van der Waals surface area contributed by atoms with Crippen LogP contribution in [0.15, 0.2) is 17.7 Å². The second-order valence-electron chi connectivity index (χ2n) is 7.31. The molecule has 1 aromatic rings. The molecule has 1 aliphatic rings. The molecule has 2 atom stereocenters. The van der Waals surface area contributed by atoms with Crippen molar-refractivity contribution in [3.05, 3.63) is 40.0 Å². The zero-order chi connectivity index (χ0) is 18.9. The maximum Gasteiger partial charge on any atom is 0.234 e. The predicted octanol–water partition coefficient (Wildman–Crippen LogP) is 1.84. The van der Waals surface area contributed by atoms with E-state index in [0.717, 1.165) is 11.1 Å². The van der Waals surface area contributed by atoms with Gasteiger partial charge in [0, 0.05) is 11.1 Å². The van der Waals surface area contributed by atoms with Crippen LogP contribution in [0.1, 0.15) is 54.2 Å². The summed E-state index contributed by atoms with van der Waals surface area (Å²) in [4.78, 5) is 25.1. The summed E-state index contributed by atoms with van der Waals surface area (Å²) in [5.74, 6) is -1.02. The topological polar surface area (TPSA) is 94.8 Å². The zero-order valence-electron chi connectivity index (χ0n) is 15.2. The highest BCUT2D eigenvalue weighted by Gasteiger charge is 2.33. The Bertz CT molecular complexity index is 728. The number of ketones is 2. The molecule has 0 aromatic heterocycles. The third-order valence-corrected chi connectivity index (χ3v) is 4.91. The van der Waals surface area contributed by atoms with Gasteiger partial charge in [0.1, 0.15) is 5.60 Å². The summed E-state index contributed by atoms with van der Waals surface area (Å²) in [5, 5.41) is 29.2. The number of rotatable bonds is 6. The highest BCUT2D eigenvalue weighted by atomic mass is 16.4. The average Bonchev–Trinajstić information content (AvgIpc) is 2.56. The fourth-order valence-electron chi connectivity index (χ4n) is 3.08. The molecule has 5 nitrogen and oxygen atoms in total. The molecule has 2 rings (SSSR count). The summed E-state index contributed by atoms with van der Waals surface area (Å²) < 4.78 is 0. The zero-order valence-corrected chi connectivity index (χ0v) is 15.2. The normalized spacial score (nSPS) is 18.0. The van der Waals surface area contributed by atoms with Crippen molar-refractivity contribution < 1.29 is 24.9 Å². The molecule has 25 heavy (non-hydrogen) atoms. The van der Waals surface area contributed by atoms with E-state index in [1.165, 1.54) is 6.92 Å². The summed E-state index contributed by atoms with van der Waals surface area (Å²) in [7, 11) is 0. The first kappa shape index (κ1) is 19.5. The monoisotopic (exact) mass is 346 g/mol. The summed E-state index contributed by atoms with van der Waals surface area (Å²) in [5.41, 5.74) is 1.59. The summed E-state index contributed by atoms with van der Waals surface area (Å²) in [6, 6.07) is 3.73. The number of aliphatic hydroxyl groups excluding tert-OH is 2. The fourth-order valence-corrected chi connectivity index (χ4v) is 3.08. The van der Waals surface area contributed by atoms with Crippen molar-refractivity contribution in [2.75, 3.05) is 6.61 Å². The van der Waals surface area contributed by atoms with Crippen LogP contribution in [-0.2, 0) is 11.2 Å². The molecule has 0 radical (unpaired) electrons. The minimum atomic E-state index is -1.60. The molecule has 0 aliphatic heterocycles. The largest absolute Gasteiger partial charge is 0.393 e. The Labute approximate surface area is 148 Å². The molecule has 0 saturated heterocycles. The van der Waals surface area contributed by atoms with Crippen LogP contribution in [-0.4, -0.2) is 45.2 Å². The van der Waals surface area contributed by atoms with Crippen LogP contribution in [0.5, 0.6) is 0 Å². The van der Waals surface area contributed by atoms with Crippen LogP contribution < -0.4 is 0 Å². The molecule has 0 bridgehead atoms. The van der Waals surface area contributed by atoms with Crippen molar-refractivity contribution in [1.29, 1.82) is 0 Å². The maximum atomic E-state index is 12.7. The Morgan fingerprint density at radius 3 is 2.36 bits per heavy atom. The van der Waals surface area contributed by atoms with Gasteiger partial charge in [-0.2, -0.15) is 0 Å². The van der Waals surface area contributed by atoms with E-state index in [1.54, 1.807) is 6.08 Å². The fraction of sp³-hybridized carbons (Fsp3) is 0.500. The molecular weight excluding hydrogens is 320 g/mol. The Kier molecular flexibility index (Phi) is 5.62. The summed E-state index contributed by atoms with van der Waals surface area (Å²) in [6.07, 6.45) is 1.14. The Hall–Kier alpha value is -1.82. The minimum absolute atomic E-state index is 0.0316. The van der Waals surface area contributed by atoms with Crippen LogP contribution >= 0.6 is 0 Å². The van der Waals surface area contributed by atoms with Gasteiger partial charge in [0.25, 0.3) is 0 Å². The quantitative estimate of drug-likeness (QED) is 0.683. The van der Waals surface area contributed by atoms with Gasteiger partial charge in [0.2, 0.25) is 11.6 Å². The number of allylic oxidation sites excluding steroid dienone is 1. The highest BCUT2D eigenvalue weighted by Crippen LogP contribution is 2.31. The number of aliphatic hydroxyl groups is 3. The third kappa shape index (κ3) is 3.73. The van der Waals surface area contributed by atoms with Crippen molar-refractivity contribution in [3.63, 3.8) is 0 Å². The molecule has 1 aliphatic carbocycles. The van der Waals surface area contributed by atoms with Gasteiger partial charge < -0.3 is 15.3 Å². The Morgan fingerprint density at radius 1 is 1.16 bits per heavy atom. The van der Waals surface area contributed by atoms with E-state index in [4.69, 9.17) is 5.11 Å². The summed E-state index contributed by atoms with van der Waals surface area (Å²) in [6.45, 7) is 6.41. The van der Waals surface area contributed by atoms with Gasteiger partial charge >= 0.3 is 0 Å². The van der Waals surface area contributed by atoms with Gasteiger partial charge in [0.05, 0.1) is 12.7 Å². The lowest BCUT2D eigenvalue weighted by molar-refractivity contribution is -0.112. The van der Waals surface area contributed by atoms with Crippen LogP contribution in [0.25, 0.3) is 6.08 Å². The Morgan fingerprint density at radius 2 is 1.80 bits per heavy atom. The van der Waals surface area contributed by atoms with Gasteiger partial charge in [-0.25, -0.2) is 0 Å². The standard InChI is InChI=1S/C20H26O5/c1-11(2)15-9-13-6-5-12(3)14(17(13)19(24)18(15)23)7-8-16(22)20(4,25)10-21/h5-6,9,11,16,21-22,25H,7-8,10H2,1-4H3. The number of Topliss-reactive ketones (excluding diaryl/α,β-unsaturated/α-hetero) is 2. The lowest BCUT2D eigenvalue weighted by atomic mass is 9.80. The van der Waals surface area contributed by atoms with Crippen molar-refractivity contribution in [2.24, 2.45) is 5.92 Å². The third-order valence-electron chi connectivity index (χ3n) is 4.91. The molecule has 0 amide bonds. The highest BCUT2D eigenvalue weighted by molar-refractivity contribution is 6.52. The predicted molar refractivity (Wildman–Crippen MR) is 95.4 cm³/mol. The number of fused-ring (bicyclic) bond motifs is 1. The van der Waals surface area contributed by atoms with Gasteiger partial charge in [-0.3, -0.25) is 9.59 Å². The van der Waals surface area contributed by atoms with Crippen LogP contribution in [0.2, 0.25) is 0 Å². The molecule has 5 heteroatoms. The first-order valence-electron chi connectivity index (χ1n) is 8.54. The molecule has 3 N–H and O–H groups in total. The van der Waals surface area contributed by atoms with Crippen molar-refractivity contribution >= 4 is 17.6 Å². The van der Waals surface area contributed by atoms with E-state index >= 15 is 0 Å². The molecule has 0 heterocycles. The second kappa shape index (κ2) is 7.20. The first-order chi connectivity index (χ1) is 11.6. The summed E-state index contributed by atoms with van der Waals surface area (Å²) >= 11 is 0. The van der Waals surface area contributed by atoms with Gasteiger partial charge in [-0.15, -0.1) is 0 Å². The Balaban J connectivity index is 2.41. The van der Waals surface area contributed by atoms with Crippen LogP contribution in [0, 0.1) is 12.8 Å². The van der Waals surface area contributed by atoms with Crippen molar-refractivity contribution in [2.45, 2.75) is 52.2 Å². The maximum absolute atomic E-state index is 12.7. The van der Waals surface area contributed by atoms with Crippen molar-refractivity contribution in [3.8, 4) is 0 Å². The second-order valence-corrected chi connectivity index (χ2v) is 7.31. The number of aryl methyl sites for hydroxylation is 1. The number of hydrogen-bond donors (Lipinski definition) is 3. The molecule has 2 unspecified atom stereocenters. The van der Waals surface area contributed by atoms with Crippen LogP contribution in [0.4, 0.5) is 0 Å². The van der Waals surface area contributed by atoms with E-state index in [2.05, 4.69) is 0 Å². The molecule has 136 valence electrons. The number of carbonyl (C=O) groups excluding carboxylic acids is 2. The minimum Gasteiger partial charge on any atom is -0.393 e. The molecule has 1 aromatic carbocycles. The average molecular weight is 346 g/mol. The van der Waals surface area contributed by atoms with Gasteiger partial charge in [-0.1, -0.05) is 26.0 Å². The van der Waals surface area contributed by atoms with E-state index in [9.17, 15) is 19.8 Å². The first-order valence-corrected chi connectivity index (χ1v) is 8.54. The van der Waals surface area contributed by atoms with Gasteiger partial charge in [0.15, 0.2) is 0 Å². The van der Waals surface area contributed by atoms with E-state index < -0.39 is 29.9 Å². The molecular formula is C20H26O5. The van der Waals surface area contributed by atoms with E-state index in [0.29, 0.717) is 23.1 Å². The smallest absolute Gasteiger partial charge is 0.234 e. The number of benzene rings is 1.